The van der Waals surface area contributed by atoms with Gasteiger partial charge in [-0.1, -0.05) is 6.92 Å². The largest absolute Gasteiger partial charge is 0.382 e. The van der Waals surface area contributed by atoms with Gasteiger partial charge in [0.25, 0.3) is 0 Å². The summed E-state index contributed by atoms with van der Waals surface area (Å²) in [4.78, 5) is 15.7. The number of nitrogens with zero attached hydrogens (tertiary/aromatic N) is 1. The highest BCUT2D eigenvalue weighted by atomic mass is 127. The second-order valence-corrected chi connectivity index (χ2v) is 5.01. The maximum Gasteiger partial charge on any atom is 0.221 e. The Morgan fingerprint density at radius 3 is 2.48 bits per heavy atom. The number of nitrogens with one attached hydrogen (secondary N) is 3. The monoisotopic (exact) mass is 444 g/mol. The minimum atomic E-state index is 0. The summed E-state index contributed by atoms with van der Waals surface area (Å²) in [7, 11) is 3.37. The molecule has 0 saturated carbocycles. The Morgan fingerprint density at radius 2 is 1.87 bits per heavy atom. The normalized spacial score (nSPS) is 12.3. The van der Waals surface area contributed by atoms with E-state index in [4.69, 9.17) is 9.47 Å². The number of carbonyl (C=O) groups is 1. The van der Waals surface area contributed by atoms with Gasteiger partial charge in [0.05, 0.1) is 13.2 Å². The first-order valence-electron chi connectivity index (χ1n) is 7.94. The van der Waals surface area contributed by atoms with Crippen LogP contribution in [0.25, 0.3) is 0 Å². The number of guanidine groups is 1. The molecular weight excluding hydrogens is 411 g/mol. The fourth-order valence-corrected chi connectivity index (χ4v) is 1.59. The highest BCUT2D eigenvalue weighted by molar-refractivity contribution is 14.0. The molecule has 0 spiro atoms. The first-order valence-corrected chi connectivity index (χ1v) is 7.94. The Bertz CT molecular complexity index is 317. The van der Waals surface area contributed by atoms with Crippen LogP contribution in [0.5, 0.6) is 0 Å². The second-order valence-electron chi connectivity index (χ2n) is 5.01. The van der Waals surface area contributed by atoms with Crippen molar-refractivity contribution in [2.24, 2.45) is 4.99 Å². The Morgan fingerprint density at radius 1 is 1.17 bits per heavy atom. The van der Waals surface area contributed by atoms with Gasteiger partial charge in [-0.05, 0) is 19.8 Å². The summed E-state index contributed by atoms with van der Waals surface area (Å²) in [5.74, 6) is 0.761. The fraction of sp³-hybridized carbons (Fsp3) is 0.867. The van der Waals surface area contributed by atoms with Gasteiger partial charge >= 0.3 is 0 Å². The van der Waals surface area contributed by atoms with Gasteiger partial charge in [-0.2, -0.15) is 0 Å². The third-order valence-electron chi connectivity index (χ3n) is 3.08. The molecule has 23 heavy (non-hydrogen) atoms. The van der Waals surface area contributed by atoms with E-state index in [1.807, 2.05) is 13.8 Å². The van der Waals surface area contributed by atoms with Crippen LogP contribution in [0.3, 0.4) is 0 Å². The van der Waals surface area contributed by atoms with Crippen molar-refractivity contribution in [1.82, 2.24) is 16.0 Å². The molecule has 0 bridgehead atoms. The Kier molecular flexibility index (Phi) is 19.0. The Hall–Kier alpha value is -0.610. The predicted molar refractivity (Wildman–Crippen MR) is 105 cm³/mol. The second kappa shape index (κ2) is 17.7. The number of hydrogen-bond acceptors (Lipinski definition) is 4. The Balaban J connectivity index is 0. The molecule has 1 amide bonds. The molecule has 3 N–H and O–H groups in total. The van der Waals surface area contributed by atoms with Gasteiger partial charge in [0.15, 0.2) is 5.96 Å². The SMILES string of the molecule is CCC(C)NC(=O)CCNC(=NC)NCCCOCCOC.I. The van der Waals surface area contributed by atoms with E-state index >= 15 is 0 Å². The highest BCUT2D eigenvalue weighted by Gasteiger charge is 2.05. The van der Waals surface area contributed by atoms with Gasteiger partial charge in [-0.15, -0.1) is 24.0 Å². The van der Waals surface area contributed by atoms with Crippen LogP contribution in [0.1, 0.15) is 33.1 Å². The van der Waals surface area contributed by atoms with E-state index in [-0.39, 0.29) is 35.9 Å². The minimum absolute atomic E-state index is 0. The molecule has 0 aliphatic heterocycles. The average Bonchev–Trinajstić information content (AvgIpc) is 2.52. The zero-order valence-electron chi connectivity index (χ0n) is 14.8. The third-order valence-corrected chi connectivity index (χ3v) is 3.08. The van der Waals surface area contributed by atoms with Crippen molar-refractivity contribution in [3.63, 3.8) is 0 Å². The van der Waals surface area contributed by atoms with Crippen LogP contribution in [0.15, 0.2) is 4.99 Å². The maximum absolute atomic E-state index is 11.6. The molecule has 0 saturated heterocycles. The van der Waals surface area contributed by atoms with Crippen molar-refractivity contribution in [2.45, 2.75) is 39.2 Å². The Labute approximate surface area is 157 Å². The van der Waals surface area contributed by atoms with Gasteiger partial charge in [0.2, 0.25) is 5.91 Å². The zero-order chi connectivity index (χ0) is 16.6. The van der Waals surface area contributed by atoms with Crippen LogP contribution >= 0.6 is 24.0 Å². The molecule has 138 valence electrons. The molecule has 1 unspecified atom stereocenters. The first kappa shape index (κ1) is 24.6. The van der Waals surface area contributed by atoms with Crippen LogP contribution < -0.4 is 16.0 Å². The summed E-state index contributed by atoms with van der Waals surface area (Å²) in [6.07, 6.45) is 2.26. The number of methoxy groups -OCH3 is 1. The van der Waals surface area contributed by atoms with E-state index in [0.717, 1.165) is 19.4 Å². The molecular formula is C15H33IN4O3. The van der Waals surface area contributed by atoms with E-state index in [1.54, 1.807) is 14.2 Å². The molecule has 0 aromatic heterocycles. The highest BCUT2D eigenvalue weighted by Crippen LogP contribution is 1.89. The number of amides is 1. The van der Waals surface area contributed by atoms with Crippen LogP contribution in [-0.4, -0.2) is 65.0 Å². The molecule has 0 radical (unpaired) electrons. The maximum atomic E-state index is 11.6. The van der Waals surface area contributed by atoms with Crippen molar-refractivity contribution >= 4 is 35.8 Å². The van der Waals surface area contributed by atoms with Gasteiger partial charge in [0, 0.05) is 46.3 Å². The third kappa shape index (κ3) is 16.0. The van der Waals surface area contributed by atoms with Crippen LogP contribution in [0, 0.1) is 0 Å². The van der Waals surface area contributed by atoms with Gasteiger partial charge in [0.1, 0.15) is 0 Å². The topological polar surface area (TPSA) is 84.0 Å². The van der Waals surface area contributed by atoms with Crippen LogP contribution in [-0.2, 0) is 14.3 Å². The van der Waals surface area contributed by atoms with E-state index in [1.165, 1.54) is 0 Å². The number of rotatable bonds is 12. The zero-order valence-corrected chi connectivity index (χ0v) is 17.1. The average molecular weight is 444 g/mol. The summed E-state index contributed by atoms with van der Waals surface area (Å²) in [5.41, 5.74) is 0. The lowest BCUT2D eigenvalue weighted by molar-refractivity contribution is -0.121. The molecule has 1 atom stereocenters. The number of hydrogen-bond donors (Lipinski definition) is 3. The van der Waals surface area contributed by atoms with E-state index in [9.17, 15) is 4.79 Å². The number of ether oxygens (including phenoxy) is 2. The van der Waals surface area contributed by atoms with Gasteiger partial charge in [-0.25, -0.2) is 0 Å². The quantitative estimate of drug-likeness (QED) is 0.182. The van der Waals surface area contributed by atoms with Gasteiger partial charge in [-0.3, -0.25) is 9.79 Å². The molecule has 0 aromatic rings. The predicted octanol–water partition coefficient (Wildman–Crippen LogP) is 1.13. The molecule has 0 heterocycles. The van der Waals surface area contributed by atoms with Crippen molar-refractivity contribution in [2.75, 3.05) is 47.1 Å². The molecule has 0 aromatic carbocycles. The van der Waals surface area contributed by atoms with Crippen molar-refractivity contribution in [3.8, 4) is 0 Å². The minimum Gasteiger partial charge on any atom is -0.382 e. The standard InChI is InChI=1S/C15H32N4O3.HI/c1-5-13(2)19-14(20)7-9-18-15(16-3)17-8-6-10-22-12-11-21-4;/h13H,5-12H2,1-4H3,(H,19,20)(H2,16,17,18);1H. The fourth-order valence-electron chi connectivity index (χ4n) is 1.59. The first-order chi connectivity index (χ1) is 10.6. The molecule has 8 heteroatoms. The smallest absolute Gasteiger partial charge is 0.221 e. The van der Waals surface area contributed by atoms with E-state index < -0.39 is 0 Å². The lowest BCUT2D eigenvalue weighted by Gasteiger charge is -2.13. The number of aliphatic imine (C=N–C) groups is 1. The van der Waals surface area contributed by atoms with Gasteiger partial charge < -0.3 is 25.4 Å². The van der Waals surface area contributed by atoms with E-state index in [2.05, 4.69) is 20.9 Å². The molecule has 0 rings (SSSR count). The summed E-state index contributed by atoms with van der Waals surface area (Å²) < 4.78 is 10.3. The summed E-state index contributed by atoms with van der Waals surface area (Å²) in [5, 5.41) is 9.23. The van der Waals surface area contributed by atoms with E-state index in [0.29, 0.717) is 38.7 Å². The van der Waals surface area contributed by atoms with Crippen molar-refractivity contribution in [1.29, 1.82) is 0 Å². The summed E-state index contributed by atoms with van der Waals surface area (Å²) in [6.45, 7) is 7.31. The lowest BCUT2D eigenvalue weighted by Crippen LogP contribution is -2.40. The molecule has 0 aliphatic carbocycles. The lowest BCUT2D eigenvalue weighted by atomic mass is 10.2. The molecule has 0 aliphatic rings. The van der Waals surface area contributed by atoms with Crippen LogP contribution in [0.4, 0.5) is 0 Å². The van der Waals surface area contributed by atoms with Crippen molar-refractivity contribution in [3.05, 3.63) is 0 Å². The van der Waals surface area contributed by atoms with Crippen molar-refractivity contribution < 1.29 is 14.3 Å². The number of halogens is 1. The summed E-state index contributed by atoms with van der Waals surface area (Å²) >= 11 is 0. The number of carbonyl (C=O) groups excluding carboxylic acids is 1. The van der Waals surface area contributed by atoms with Crippen LogP contribution in [0.2, 0.25) is 0 Å². The summed E-state index contributed by atoms with van der Waals surface area (Å²) in [6, 6.07) is 0.225. The molecule has 7 nitrogen and oxygen atoms in total. The molecule has 0 fully saturated rings.